The van der Waals surface area contributed by atoms with Crippen LogP contribution in [0.1, 0.15) is 27.2 Å². The molecule has 0 saturated heterocycles. The van der Waals surface area contributed by atoms with Gasteiger partial charge in [0, 0.05) is 18.1 Å². The maximum Gasteiger partial charge on any atom is 0.337 e. The van der Waals surface area contributed by atoms with Crippen molar-refractivity contribution in [1.82, 2.24) is 9.29 Å². The Labute approximate surface area is 163 Å². The normalized spacial score (nSPS) is 11.9. The quantitative estimate of drug-likeness (QED) is 0.659. The molecule has 1 aromatic heterocycles. The van der Waals surface area contributed by atoms with Gasteiger partial charge in [-0.15, -0.1) is 0 Å². The summed E-state index contributed by atoms with van der Waals surface area (Å²) in [6, 6.07) is 10.1. The summed E-state index contributed by atoms with van der Waals surface area (Å²) in [5.41, 5.74) is 2.45. The van der Waals surface area contributed by atoms with E-state index in [0.717, 1.165) is 5.39 Å². The highest BCUT2D eigenvalue weighted by molar-refractivity contribution is 7.89. The van der Waals surface area contributed by atoms with Gasteiger partial charge in [-0.3, -0.25) is 0 Å². The first kappa shape index (κ1) is 19.9. The smallest absolute Gasteiger partial charge is 0.337 e. The molecule has 7 nitrogen and oxygen atoms in total. The number of sulfonamides is 1. The molecule has 0 aliphatic heterocycles. The highest BCUT2D eigenvalue weighted by Crippen LogP contribution is 2.29. The highest BCUT2D eigenvalue weighted by atomic mass is 32.2. The maximum atomic E-state index is 13.1. The standard InChI is InChI=1S/C20H22N2O5S/c1-12-8-16(27-4)9-13(2)19(12)28(25,26)22(3)11-15-10-14-6-5-7-17(20(23)24)18(14)21-15/h5-10,21H,11H2,1-4H3,(H,23,24). The average molecular weight is 402 g/mol. The van der Waals surface area contributed by atoms with Gasteiger partial charge in [-0.2, -0.15) is 4.31 Å². The van der Waals surface area contributed by atoms with Gasteiger partial charge in [0.25, 0.3) is 0 Å². The fourth-order valence-corrected chi connectivity index (χ4v) is 4.95. The molecule has 2 N–H and O–H groups in total. The van der Waals surface area contributed by atoms with Crippen LogP contribution in [-0.4, -0.2) is 42.9 Å². The van der Waals surface area contributed by atoms with E-state index in [1.165, 1.54) is 24.5 Å². The van der Waals surface area contributed by atoms with Crippen molar-refractivity contribution in [3.8, 4) is 5.75 Å². The van der Waals surface area contributed by atoms with Crippen molar-refractivity contribution < 1.29 is 23.1 Å². The number of fused-ring (bicyclic) bond motifs is 1. The number of para-hydroxylation sites is 1. The van der Waals surface area contributed by atoms with Gasteiger partial charge in [0.2, 0.25) is 10.0 Å². The zero-order chi connectivity index (χ0) is 20.6. The van der Waals surface area contributed by atoms with E-state index >= 15 is 0 Å². The average Bonchev–Trinajstić information content (AvgIpc) is 3.02. The van der Waals surface area contributed by atoms with Gasteiger partial charge in [-0.05, 0) is 49.2 Å². The minimum atomic E-state index is -3.75. The van der Waals surface area contributed by atoms with Crippen LogP contribution in [0.3, 0.4) is 0 Å². The van der Waals surface area contributed by atoms with E-state index in [4.69, 9.17) is 4.74 Å². The monoisotopic (exact) mass is 402 g/mol. The Balaban J connectivity index is 1.97. The number of carboxylic acids is 1. The number of carboxylic acid groups (broad SMARTS) is 1. The number of H-pyrrole nitrogens is 1. The minimum Gasteiger partial charge on any atom is -0.497 e. The zero-order valence-corrected chi connectivity index (χ0v) is 16.9. The molecule has 0 radical (unpaired) electrons. The van der Waals surface area contributed by atoms with Crippen LogP contribution in [0.4, 0.5) is 0 Å². The van der Waals surface area contributed by atoms with Crippen molar-refractivity contribution in [2.45, 2.75) is 25.3 Å². The number of aryl methyl sites for hydroxylation is 2. The number of aromatic amines is 1. The van der Waals surface area contributed by atoms with Crippen molar-refractivity contribution in [1.29, 1.82) is 0 Å². The number of carbonyl (C=O) groups is 1. The largest absolute Gasteiger partial charge is 0.497 e. The minimum absolute atomic E-state index is 0.0843. The first-order valence-electron chi connectivity index (χ1n) is 8.60. The summed E-state index contributed by atoms with van der Waals surface area (Å²) in [5.74, 6) is -0.433. The maximum absolute atomic E-state index is 13.1. The number of hydrogen-bond donors (Lipinski definition) is 2. The Morgan fingerprint density at radius 2 is 1.82 bits per heavy atom. The Bertz CT molecular complexity index is 1140. The van der Waals surface area contributed by atoms with E-state index in [1.807, 2.05) is 0 Å². The predicted molar refractivity (Wildman–Crippen MR) is 106 cm³/mol. The lowest BCUT2D eigenvalue weighted by Crippen LogP contribution is -2.28. The number of benzene rings is 2. The van der Waals surface area contributed by atoms with E-state index < -0.39 is 16.0 Å². The number of nitrogens with one attached hydrogen (secondary N) is 1. The zero-order valence-electron chi connectivity index (χ0n) is 16.1. The van der Waals surface area contributed by atoms with Gasteiger partial charge in [0.1, 0.15) is 5.75 Å². The van der Waals surface area contributed by atoms with E-state index in [-0.39, 0.29) is 17.0 Å². The van der Waals surface area contributed by atoms with Crippen molar-refractivity contribution >= 4 is 26.9 Å². The molecule has 0 spiro atoms. The van der Waals surface area contributed by atoms with E-state index in [0.29, 0.717) is 28.1 Å². The van der Waals surface area contributed by atoms with Crippen molar-refractivity contribution in [2.75, 3.05) is 14.2 Å². The van der Waals surface area contributed by atoms with Gasteiger partial charge in [-0.1, -0.05) is 12.1 Å². The molecule has 8 heteroatoms. The van der Waals surface area contributed by atoms with Crippen molar-refractivity contribution in [2.24, 2.45) is 0 Å². The van der Waals surface area contributed by atoms with E-state index in [1.54, 1.807) is 44.2 Å². The highest BCUT2D eigenvalue weighted by Gasteiger charge is 2.26. The van der Waals surface area contributed by atoms with Crippen LogP contribution in [0.5, 0.6) is 5.75 Å². The summed E-state index contributed by atoms with van der Waals surface area (Å²) < 4.78 is 32.7. The molecule has 0 saturated carbocycles. The van der Waals surface area contributed by atoms with Crippen LogP contribution < -0.4 is 4.74 Å². The fraction of sp³-hybridized carbons (Fsp3) is 0.250. The van der Waals surface area contributed by atoms with Crippen LogP contribution >= 0.6 is 0 Å². The summed E-state index contributed by atoms with van der Waals surface area (Å²) in [6.07, 6.45) is 0. The number of rotatable bonds is 6. The Morgan fingerprint density at radius 3 is 2.39 bits per heavy atom. The van der Waals surface area contributed by atoms with Gasteiger partial charge in [-0.25, -0.2) is 13.2 Å². The molecule has 1 heterocycles. The topological polar surface area (TPSA) is 99.7 Å². The molecule has 0 fully saturated rings. The summed E-state index contributed by atoms with van der Waals surface area (Å²) in [6.45, 7) is 3.55. The first-order valence-corrected chi connectivity index (χ1v) is 10.0. The molecule has 0 atom stereocenters. The predicted octanol–water partition coefficient (Wildman–Crippen LogP) is 3.31. The number of aromatic carboxylic acids is 1. The molecular weight excluding hydrogens is 380 g/mol. The molecule has 0 amide bonds. The summed E-state index contributed by atoms with van der Waals surface area (Å²) in [5, 5.41) is 10.0. The number of methoxy groups -OCH3 is 1. The number of aromatic nitrogens is 1. The van der Waals surface area contributed by atoms with Crippen LogP contribution in [0.25, 0.3) is 10.9 Å². The molecule has 0 unspecified atom stereocenters. The molecule has 3 aromatic rings. The molecule has 28 heavy (non-hydrogen) atoms. The summed E-state index contributed by atoms with van der Waals surface area (Å²) >= 11 is 0. The van der Waals surface area contributed by atoms with E-state index in [9.17, 15) is 18.3 Å². The van der Waals surface area contributed by atoms with Crippen LogP contribution in [0, 0.1) is 13.8 Å². The van der Waals surface area contributed by atoms with Crippen molar-refractivity contribution in [3.05, 3.63) is 58.8 Å². The fourth-order valence-electron chi connectivity index (χ4n) is 3.39. The SMILES string of the molecule is COc1cc(C)c(S(=O)(=O)N(C)Cc2cc3cccc(C(=O)O)c3[nH]2)c(C)c1. The molecule has 3 rings (SSSR count). The Morgan fingerprint density at radius 1 is 1.18 bits per heavy atom. The van der Waals surface area contributed by atoms with Gasteiger partial charge in [0.15, 0.2) is 0 Å². The molecule has 148 valence electrons. The second kappa shape index (κ2) is 7.29. The molecule has 0 aliphatic carbocycles. The van der Waals surface area contributed by atoms with E-state index in [2.05, 4.69) is 4.98 Å². The Kier molecular flexibility index (Phi) is 5.18. The third-order valence-electron chi connectivity index (χ3n) is 4.67. The number of ether oxygens (including phenoxy) is 1. The summed E-state index contributed by atoms with van der Waals surface area (Å²) in [7, 11) is -0.706. The second-order valence-corrected chi connectivity index (χ2v) is 8.70. The first-order chi connectivity index (χ1) is 13.1. The lowest BCUT2D eigenvalue weighted by atomic mass is 10.1. The second-order valence-electron chi connectivity index (χ2n) is 6.72. The van der Waals surface area contributed by atoms with Gasteiger partial charge < -0.3 is 14.8 Å². The number of nitrogens with zero attached hydrogens (tertiary/aromatic N) is 1. The Hall–Kier alpha value is -2.84. The third kappa shape index (κ3) is 3.48. The molecular formula is C20H22N2O5S. The third-order valence-corrected chi connectivity index (χ3v) is 6.78. The van der Waals surface area contributed by atoms with Gasteiger partial charge in [0.05, 0.1) is 29.6 Å². The van der Waals surface area contributed by atoms with Crippen molar-refractivity contribution in [3.63, 3.8) is 0 Å². The lowest BCUT2D eigenvalue weighted by Gasteiger charge is -2.20. The molecule has 2 aromatic carbocycles. The summed E-state index contributed by atoms with van der Waals surface area (Å²) in [4.78, 5) is 14.7. The van der Waals surface area contributed by atoms with Gasteiger partial charge >= 0.3 is 5.97 Å². The van der Waals surface area contributed by atoms with Crippen LogP contribution in [0.2, 0.25) is 0 Å². The molecule has 0 bridgehead atoms. The lowest BCUT2D eigenvalue weighted by molar-refractivity contribution is 0.0699. The van der Waals surface area contributed by atoms with Crippen LogP contribution in [-0.2, 0) is 16.6 Å². The van der Waals surface area contributed by atoms with Crippen LogP contribution in [0.15, 0.2) is 41.3 Å². The number of hydrogen-bond acceptors (Lipinski definition) is 4. The molecule has 0 aliphatic rings.